The molecule has 2 N–H and O–H groups in total. The Balaban J connectivity index is 2.53. The summed E-state index contributed by atoms with van der Waals surface area (Å²) in [6.07, 6.45) is 0.985. The highest BCUT2D eigenvalue weighted by atomic mass is 14.6. The van der Waals surface area contributed by atoms with Gasteiger partial charge in [-0.3, -0.25) is 0 Å². The van der Waals surface area contributed by atoms with Gasteiger partial charge in [0.1, 0.15) is 0 Å². The van der Waals surface area contributed by atoms with E-state index in [4.69, 9.17) is 5.73 Å². The third kappa shape index (κ3) is 2.67. The third-order valence-electron chi connectivity index (χ3n) is 2.17. The van der Waals surface area contributed by atoms with Gasteiger partial charge in [-0.2, -0.15) is 0 Å². The van der Waals surface area contributed by atoms with Gasteiger partial charge in [0.2, 0.25) is 0 Å². The Labute approximate surface area is 74.6 Å². The first-order chi connectivity index (χ1) is 5.70. The molecule has 0 saturated carbocycles. The predicted octanol–water partition coefficient (Wildman–Crippen LogP) is 2.21. The lowest BCUT2D eigenvalue weighted by atomic mass is 9.98. The monoisotopic (exact) mass is 163 g/mol. The predicted molar refractivity (Wildman–Crippen MR) is 53.0 cm³/mol. The molecule has 1 aromatic carbocycles. The summed E-state index contributed by atoms with van der Waals surface area (Å²) in [6, 6.07) is 10.7. The topological polar surface area (TPSA) is 26.0 Å². The van der Waals surface area contributed by atoms with Crippen molar-refractivity contribution in [1.29, 1.82) is 0 Å². The van der Waals surface area contributed by atoms with Crippen molar-refractivity contribution in [3.8, 4) is 0 Å². The van der Waals surface area contributed by atoms with Gasteiger partial charge in [-0.15, -0.1) is 0 Å². The average Bonchev–Trinajstić information content (AvgIpc) is 2.06. The standard InChI is InChI=1S/C11H17N/c1-9(2)11(12)8-10-6-4-3-5-7-10/h3-7,9,11H,8,12H2,1-2H3. The van der Waals surface area contributed by atoms with Crippen LogP contribution in [-0.2, 0) is 6.42 Å². The van der Waals surface area contributed by atoms with Gasteiger partial charge < -0.3 is 5.73 Å². The third-order valence-corrected chi connectivity index (χ3v) is 2.17. The molecule has 0 amide bonds. The summed E-state index contributed by atoms with van der Waals surface area (Å²) in [5, 5.41) is 0. The molecule has 0 aromatic heterocycles. The van der Waals surface area contributed by atoms with Crippen molar-refractivity contribution in [3.63, 3.8) is 0 Å². The summed E-state index contributed by atoms with van der Waals surface area (Å²) >= 11 is 0. The van der Waals surface area contributed by atoms with Gasteiger partial charge in [-0.25, -0.2) is 0 Å². The van der Waals surface area contributed by atoms with Crippen LogP contribution in [0.5, 0.6) is 0 Å². The normalized spacial score (nSPS) is 13.3. The Hall–Kier alpha value is -0.820. The van der Waals surface area contributed by atoms with Crippen molar-refractivity contribution < 1.29 is 0 Å². The van der Waals surface area contributed by atoms with Crippen molar-refractivity contribution in [2.45, 2.75) is 26.3 Å². The van der Waals surface area contributed by atoms with Crippen LogP contribution in [-0.4, -0.2) is 6.04 Å². The Morgan fingerprint density at radius 2 is 1.75 bits per heavy atom. The highest BCUT2D eigenvalue weighted by Crippen LogP contribution is 2.07. The molecule has 1 rings (SSSR count). The zero-order valence-corrected chi connectivity index (χ0v) is 7.83. The van der Waals surface area contributed by atoms with E-state index in [1.807, 2.05) is 6.07 Å². The van der Waals surface area contributed by atoms with Crippen LogP contribution in [0.3, 0.4) is 0 Å². The maximum absolute atomic E-state index is 5.95. The van der Waals surface area contributed by atoms with Gasteiger partial charge in [0.25, 0.3) is 0 Å². The fourth-order valence-electron chi connectivity index (χ4n) is 1.12. The first kappa shape index (κ1) is 9.27. The lowest BCUT2D eigenvalue weighted by Gasteiger charge is -2.14. The quantitative estimate of drug-likeness (QED) is 0.726. The van der Waals surface area contributed by atoms with E-state index in [0.717, 1.165) is 6.42 Å². The highest BCUT2D eigenvalue weighted by Gasteiger charge is 2.07. The van der Waals surface area contributed by atoms with E-state index in [9.17, 15) is 0 Å². The molecular weight excluding hydrogens is 146 g/mol. The van der Waals surface area contributed by atoms with E-state index in [0.29, 0.717) is 5.92 Å². The molecular formula is C11H17N. The number of rotatable bonds is 3. The van der Waals surface area contributed by atoms with Crippen LogP contribution in [0.2, 0.25) is 0 Å². The van der Waals surface area contributed by atoms with Crippen molar-refractivity contribution in [2.75, 3.05) is 0 Å². The molecule has 0 aliphatic carbocycles. The SMILES string of the molecule is CC(C)C(N)Cc1ccccc1. The Morgan fingerprint density at radius 1 is 1.17 bits per heavy atom. The molecule has 0 spiro atoms. The zero-order chi connectivity index (χ0) is 8.97. The number of nitrogens with two attached hydrogens (primary N) is 1. The first-order valence-corrected chi connectivity index (χ1v) is 4.49. The van der Waals surface area contributed by atoms with Gasteiger partial charge in [-0.1, -0.05) is 44.2 Å². The van der Waals surface area contributed by atoms with Gasteiger partial charge in [0.15, 0.2) is 0 Å². The maximum atomic E-state index is 5.95. The molecule has 0 radical (unpaired) electrons. The van der Waals surface area contributed by atoms with Gasteiger partial charge in [-0.05, 0) is 17.9 Å². The summed E-state index contributed by atoms with van der Waals surface area (Å²) in [7, 11) is 0. The second kappa shape index (κ2) is 4.27. The van der Waals surface area contributed by atoms with Crippen molar-refractivity contribution >= 4 is 0 Å². The summed E-state index contributed by atoms with van der Waals surface area (Å²) in [5.41, 5.74) is 7.28. The van der Waals surface area contributed by atoms with Crippen LogP contribution in [0.4, 0.5) is 0 Å². The molecule has 0 aliphatic rings. The second-order valence-corrected chi connectivity index (χ2v) is 3.60. The fraction of sp³-hybridized carbons (Fsp3) is 0.455. The van der Waals surface area contributed by atoms with Crippen LogP contribution in [0.15, 0.2) is 30.3 Å². The average molecular weight is 163 g/mol. The second-order valence-electron chi connectivity index (χ2n) is 3.60. The molecule has 0 fully saturated rings. The van der Waals surface area contributed by atoms with E-state index < -0.39 is 0 Å². The minimum Gasteiger partial charge on any atom is -0.327 e. The summed E-state index contributed by atoms with van der Waals surface area (Å²) in [5.74, 6) is 0.560. The summed E-state index contributed by atoms with van der Waals surface area (Å²) in [6.45, 7) is 4.32. The largest absolute Gasteiger partial charge is 0.327 e. The van der Waals surface area contributed by atoms with Crippen molar-refractivity contribution in [1.82, 2.24) is 0 Å². The molecule has 1 aromatic rings. The van der Waals surface area contributed by atoms with Gasteiger partial charge in [0, 0.05) is 6.04 Å². The molecule has 1 atom stereocenters. The zero-order valence-electron chi connectivity index (χ0n) is 7.83. The molecule has 1 nitrogen and oxygen atoms in total. The van der Waals surface area contributed by atoms with E-state index >= 15 is 0 Å². The Bertz CT molecular complexity index is 216. The lowest BCUT2D eigenvalue weighted by Crippen LogP contribution is -2.28. The van der Waals surface area contributed by atoms with Crippen LogP contribution in [0.25, 0.3) is 0 Å². The highest BCUT2D eigenvalue weighted by molar-refractivity contribution is 5.15. The molecule has 0 heterocycles. The fourth-order valence-corrected chi connectivity index (χ4v) is 1.12. The van der Waals surface area contributed by atoms with Crippen LogP contribution < -0.4 is 5.73 Å². The summed E-state index contributed by atoms with van der Waals surface area (Å²) in [4.78, 5) is 0. The Morgan fingerprint density at radius 3 is 2.25 bits per heavy atom. The number of hydrogen-bond donors (Lipinski definition) is 1. The van der Waals surface area contributed by atoms with Crippen LogP contribution >= 0.6 is 0 Å². The molecule has 0 saturated heterocycles. The van der Waals surface area contributed by atoms with E-state index in [2.05, 4.69) is 38.1 Å². The van der Waals surface area contributed by atoms with Crippen LogP contribution in [0, 0.1) is 5.92 Å². The first-order valence-electron chi connectivity index (χ1n) is 4.49. The maximum Gasteiger partial charge on any atom is 0.0102 e. The molecule has 1 heteroatoms. The van der Waals surface area contributed by atoms with Crippen molar-refractivity contribution in [3.05, 3.63) is 35.9 Å². The van der Waals surface area contributed by atoms with Gasteiger partial charge in [0.05, 0.1) is 0 Å². The van der Waals surface area contributed by atoms with E-state index in [1.165, 1.54) is 5.56 Å². The molecule has 12 heavy (non-hydrogen) atoms. The Kier molecular flexibility index (Phi) is 3.30. The number of benzene rings is 1. The molecule has 1 unspecified atom stereocenters. The lowest BCUT2D eigenvalue weighted by molar-refractivity contribution is 0.490. The van der Waals surface area contributed by atoms with Gasteiger partial charge >= 0.3 is 0 Å². The smallest absolute Gasteiger partial charge is 0.0102 e. The van der Waals surface area contributed by atoms with E-state index in [-0.39, 0.29) is 6.04 Å². The minimum absolute atomic E-state index is 0.285. The summed E-state index contributed by atoms with van der Waals surface area (Å²) < 4.78 is 0. The van der Waals surface area contributed by atoms with Crippen molar-refractivity contribution in [2.24, 2.45) is 11.7 Å². The minimum atomic E-state index is 0.285. The molecule has 66 valence electrons. The molecule has 0 bridgehead atoms. The van der Waals surface area contributed by atoms with Crippen LogP contribution in [0.1, 0.15) is 19.4 Å². The van der Waals surface area contributed by atoms with E-state index in [1.54, 1.807) is 0 Å². The molecule has 0 aliphatic heterocycles. The number of hydrogen-bond acceptors (Lipinski definition) is 1.